The zero-order chi connectivity index (χ0) is 18.6. The molecule has 4 nitrogen and oxygen atoms in total. The minimum atomic E-state index is -0.583. The van der Waals surface area contributed by atoms with E-state index in [9.17, 15) is 9.59 Å². The number of benzene rings is 1. The van der Waals surface area contributed by atoms with Crippen LogP contribution in [-0.2, 0) is 19.1 Å². The number of hydrogen-bond donors (Lipinski definition) is 0. The normalized spacial score (nSPS) is 27.8. The summed E-state index contributed by atoms with van der Waals surface area (Å²) in [6.45, 7) is 11.0. The van der Waals surface area contributed by atoms with Gasteiger partial charge in [0.15, 0.2) is 0 Å². The fraction of sp³-hybridized carbons (Fsp3) is 0.619. The SMILES string of the molecule is CC(C)(C)C(=O)OC1C2CC(c3ccccc32)C1OC(=O)C(C)(C)C. The van der Waals surface area contributed by atoms with E-state index in [0.717, 1.165) is 6.42 Å². The molecule has 1 fully saturated rings. The molecule has 4 heteroatoms. The Hall–Kier alpha value is -1.84. The Morgan fingerprint density at radius 3 is 1.48 bits per heavy atom. The third-order valence-electron chi connectivity index (χ3n) is 5.13. The number of fused-ring (bicyclic) bond motifs is 5. The molecule has 0 heterocycles. The third-order valence-corrected chi connectivity index (χ3v) is 5.13. The minimum Gasteiger partial charge on any atom is -0.457 e. The van der Waals surface area contributed by atoms with Crippen LogP contribution in [0.15, 0.2) is 24.3 Å². The zero-order valence-corrected chi connectivity index (χ0v) is 16.0. The predicted octanol–water partition coefficient (Wildman–Crippen LogP) is 4.19. The molecule has 25 heavy (non-hydrogen) atoms. The second-order valence-corrected chi connectivity index (χ2v) is 9.32. The summed E-state index contributed by atoms with van der Waals surface area (Å²) in [5, 5.41) is 0. The van der Waals surface area contributed by atoms with Crippen LogP contribution in [0.4, 0.5) is 0 Å². The fourth-order valence-electron chi connectivity index (χ4n) is 3.69. The maximum absolute atomic E-state index is 12.5. The van der Waals surface area contributed by atoms with Crippen molar-refractivity contribution in [1.82, 2.24) is 0 Å². The lowest BCUT2D eigenvalue weighted by Crippen LogP contribution is -2.42. The van der Waals surface area contributed by atoms with E-state index in [0.29, 0.717) is 0 Å². The van der Waals surface area contributed by atoms with E-state index in [1.54, 1.807) is 0 Å². The van der Waals surface area contributed by atoms with Crippen LogP contribution in [0.1, 0.15) is 70.9 Å². The molecule has 2 bridgehead atoms. The van der Waals surface area contributed by atoms with Gasteiger partial charge in [-0.25, -0.2) is 0 Å². The number of carbonyl (C=O) groups is 2. The predicted molar refractivity (Wildman–Crippen MR) is 95.2 cm³/mol. The number of esters is 2. The van der Waals surface area contributed by atoms with Gasteiger partial charge in [-0.3, -0.25) is 9.59 Å². The Morgan fingerprint density at radius 2 is 1.16 bits per heavy atom. The largest absolute Gasteiger partial charge is 0.457 e. The molecule has 4 unspecified atom stereocenters. The molecule has 0 aliphatic heterocycles. The van der Waals surface area contributed by atoms with Crippen molar-refractivity contribution in [2.24, 2.45) is 10.8 Å². The molecular formula is C21H28O4. The summed E-state index contributed by atoms with van der Waals surface area (Å²) < 4.78 is 11.8. The molecule has 0 N–H and O–H groups in total. The Kier molecular flexibility index (Phi) is 4.21. The van der Waals surface area contributed by atoms with Crippen LogP contribution in [0, 0.1) is 10.8 Å². The standard InChI is InChI=1S/C21H28O4/c1-20(2,3)18(22)24-16-14-11-15(13-10-8-7-9-12(13)14)17(16)25-19(23)21(4,5)6/h7-10,14-17H,11H2,1-6H3. The molecule has 0 radical (unpaired) electrons. The number of carbonyl (C=O) groups excluding carboxylic acids is 2. The molecule has 1 saturated carbocycles. The molecule has 0 saturated heterocycles. The Bertz CT molecular complexity index is 634. The highest BCUT2D eigenvalue weighted by atomic mass is 16.6. The zero-order valence-electron chi connectivity index (χ0n) is 16.0. The summed E-state index contributed by atoms with van der Waals surface area (Å²) in [7, 11) is 0. The summed E-state index contributed by atoms with van der Waals surface area (Å²) in [5.41, 5.74) is 1.28. The summed E-state index contributed by atoms with van der Waals surface area (Å²) in [6, 6.07) is 8.22. The first-order valence-electron chi connectivity index (χ1n) is 9.01. The van der Waals surface area contributed by atoms with E-state index >= 15 is 0 Å². The first-order chi connectivity index (χ1) is 11.5. The van der Waals surface area contributed by atoms with Gasteiger partial charge in [-0.15, -0.1) is 0 Å². The van der Waals surface area contributed by atoms with Gasteiger partial charge in [0.1, 0.15) is 12.2 Å². The second kappa shape index (κ2) is 5.86. The highest BCUT2D eigenvalue weighted by Gasteiger charge is 2.55. The topological polar surface area (TPSA) is 52.6 Å². The Morgan fingerprint density at radius 1 is 0.800 bits per heavy atom. The van der Waals surface area contributed by atoms with Crippen LogP contribution in [0.25, 0.3) is 0 Å². The molecule has 136 valence electrons. The van der Waals surface area contributed by atoms with E-state index < -0.39 is 23.0 Å². The van der Waals surface area contributed by atoms with Crippen molar-refractivity contribution in [3.8, 4) is 0 Å². The summed E-state index contributed by atoms with van der Waals surface area (Å²) in [6.07, 6.45) is 0.0552. The summed E-state index contributed by atoms with van der Waals surface area (Å²) in [5.74, 6) is -0.297. The Labute approximate surface area is 149 Å². The minimum absolute atomic E-state index is 0.102. The molecule has 4 atom stereocenters. The van der Waals surface area contributed by atoms with Crippen molar-refractivity contribution < 1.29 is 19.1 Å². The first-order valence-corrected chi connectivity index (χ1v) is 9.01. The van der Waals surface area contributed by atoms with Crippen molar-refractivity contribution >= 4 is 11.9 Å². The molecule has 2 aliphatic rings. The fourth-order valence-corrected chi connectivity index (χ4v) is 3.69. The summed E-state index contributed by atoms with van der Waals surface area (Å²) >= 11 is 0. The monoisotopic (exact) mass is 344 g/mol. The smallest absolute Gasteiger partial charge is 0.311 e. The van der Waals surface area contributed by atoms with Gasteiger partial charge in [-0.05, 0) is 59.1 Å². The summed E-state index contributed by atoms with van der Waals surface area (Å²) in [4.78, 5) is 24.9. The molecular weight excluding hydrogens is 316 g/mol. The van der Waals surface area contributed by atoms with Crippen molar-refractivity contribution in [1.29, 1.82) is 0 Å². The lowest BCUT2D eigenvalue weighted by Gasteiger charge is -2.34. The van der Waals surface area contributed by atoms with Crippen molar-refractivity contribution in [2.75, 3.05) is 0 Å². The highest BCUT2D eigenvalue weighted by Crippen LogP contribution is 2.55. The Balaban J connectivity index is 1.91. The van der Waals surface area contributed by atoms with Gasteiger partial charge < -0.3 is 9.47 Å². The van der Waals surface area contributed by atoms with Gasteiger partial charge in [0, 0.05) is 11.8 Å². The molecule has 0 spiro atoms. The highest BCUT2D eigenvalue weighted by molar-refractivity contribution is 5.77. The molecule has 1 aromatic rings. The van der Waals surface area contributed by atoms with Gasteiger partial charge in [0.2, 0.25) is 0 Å². The van der Waals surface area contributed by atoms with E-state index in [1.807, 2.05) is 53.7 Å². The van der Waals surface area contributed by atoms with Crippen LogP contribution >= 0.6 is 0 Å². The van der Waals surface area contributed by atoms with Crippen molar-refractivity contribution in [3.63, 3.8) is 0 Å². The molecule has 3 rings (SSSR count). The van der Waals surface area contributed by atoms with Gasteiger partial charge in [-0.1, -0.05) is 24.3 Å². The van der Waals surface area contributed by atoms with Crippen LogP contribution < -0.4 is 0 Å². The van der Waals surface area contributed by atoms with Gasteiger partial charge >= 0.3 is 11.9 Å². The maximum Gasteiger partial charge on any atom is 0.311 e. The number of ether oxygens (including phenoxy) is 2. The lowest BCUT2D eigenvalue weighted by molar-refractivity contribution is -0.177. The van der Waals surface area contributed by atoms with E-state index in [1.165, 1.54) is 11.1 Å². The van der Waals surface area contributed by atoms with Gasteiger partial charge in [0.05, 0.1) is 10.8 Å². The van der Waals surface area contributed by atoms with E-state index in [4.69, 9.17) is 9.47 Å². The van der Waals surface area contributed by atoms with Crippen LogP contribution in [0.2, 0.25) is 0 Å². The van der Waals surface area contributed by atoms with Crippen LogP contribution in [0.5, 0.6) is 0 Å². The number of hydrogen-bond acceptors (Lipinski definition) is 4. The van der Waals surface area contributed by atoms with E-state index in [-0.39, 0.29) is 23.8 Å². The van der Waals surface area contributed by atoms with Crippen molar-refractivity contribution in [3.05, 3.63) is 35.4 Å². The molecule has 0 amide bonds. The lowest BCUT2D eigenvalue weighted by atomic mass is 9.87. The van der Waals surface area contributed by atoms with Crippen LogP contribution in [0.3, 0.4) is 0 Å². The average molecular weight is 344 g/mol. The van der Waals surface area contributed by atoms with Gasteiger partial charge in [-0.2, -0.15) is 0 Å². The number of rotatable bonds is 2. The maximum atomic E-state index is 12.5. The second-order valence-electron chi connectivity index (χ2n) is 9.32. The van der Waals surface area contributed by atoms with Gasteiger partial charge in [0.25, 0.3) is 0 Å². The third kappa shape index (κ3) is 3.19. The quantitative estimate of drug-likeness (QED) is 0.755. The van der Waals surface area contributed by atoms with E-state index in [2.05, 4.69) is 12.1 Å². The molecule has 2 aliphatic carbocycles. The first kappa shape index (κ1) is 18.0. The molecule has 0 aromatic heterocycles. The average Bonchev–Trinajstić information content (AvgIpc) is 3.03. The molecule has 1 aromatic carbocycles. The van der Waals surface area contributed by atoms with Crippen molar-refractivity contribution in [2.45, 2.75) is 72.0 Å². The van der Waals surface area contributed by atoms with Crippen LogP contribution in [-0.4, -0.2) is 24.1 Å².